The van der Waals surface area contributed by atoms with Crippen molar-refractivity contribution in [2.75, 3.05) is 18.6 Å². The Kier molecular flexibility index (Phi) is 5.47. The van der Waals surface area contributed by atoms with Crippen LogP contribution in [0.1, 0.15) is 22.0 Å². The van der Waals surface area contributed by atoms with Crippen molar-refractivity contribution >= 4 is 29.2 Å². The number of amides is 2. The number of hydrogen-bond acceptors (Lipinski definition) is 8. The van der Waals surface area contributed by atoms with Crippen molar-refractivity contribution in [3.8, 4) is 17.0 Å². The number of carbonyl (C=O) groups is 2. The zero-order valence-electron chi connectivity index (χ0n) is 17.0. The van der Waals surface area contributed by atoms with E-state index in [1.165, 1.54) is 17.3 Å². The summed E-state index contributed by atoms with van der Waals surface area (Å²) in [6, 6.07) is 0.609. The summed E-state index contributed by atoms with van der Waals surface area (Å²) in [6.07, 6.45) is 6.22. The van der Waals surface area contributed by atoms with Crippen molar-refractivity contribution in [1.29, 1.82) is 0 Å². The Balaban J connectivity index is 1.56. The van der Waals surface area contributed by atoms with Crippen LogP contribution >= 0.6 is 11.6 Å². The summed E-state index contributed by atoms with van der Waals surface area (Å²) in [7, 11) is 1.55. The molecule has 0 fully saturated rings. The first-order valence-corrected chi connectivity index (χ1v) is 9.70. The van der Waals surface area contributed by atoms with Crippen LogP contribution < -0.4 is 15.0 Å². The molecule has 4 heterocycles. The first-order valence-electron chi connectivity index (χ1n) is 9.33. The van der Waals surface area contributed by atoms with Gasteiger partial charge in [-0.3, -0.25) is 14.5 Å². The number of halogens is 1. The fraction of sp³-hybridized carbons (Fsp3) is 0.250. The number of hydrogen-bond donors (Lipinski definition) is 1. The Labute approximate surface area is 182 Å². The Morgan fingerprint density at radius 2 is 1.90 bits per heavy atom. The molecule has 0 bridgehead atoms. The number of anilines is 1. The van der Waals surface area contributed by atoms with Gasteiger partial charge in [0.2, 0.25) is 5.82 Å². The molecule has 10 nitrogen and oxygen atoms in total. The Bertz CT molecular complexity index is 1170. The molecule has 2 amide bonds. The molecule has 0 unspecified atom stereocenters. The van der Waals surface area contributed by atoms with Gasteiger partial charge in [-0.2, -0.15) is 0 Å². The molecule has 3 aromatic heterocycles. The quantitative estimate of drug-likeness (QED) is 0.654. The maximum atomic E-state index is 12.8. The van der Waals surface area contributed by atoms with E-state index in [2.05, 4.69) is 30.2 Å². The van der Waals surface area contributed by atoms with E-state index in [9.17, 15) is 9.59 Å². The summed E-state index contributed by atoms with van der Waals surface area (Å²) < 4.78 is 5.66. The second-order valence-corrected chi connectivity index (χ2v) is 7.39. The van der Waals surface area contributed by atoms with Crippen LogP contribution in [-0.2, 0) is 4.79 Å². The highest BCUT2D eigenvalue weighted by atomic mass is 35.5. The molecule has 1 N–H and O–H groups in total. The van der Waals surface area contributed by atoms with Crippen LogP contribution in [0.4, 0.5) is 5.82 Å². The average Bonchev–Trinajstić information content (AvgIpc) is 2.86. The summed E-state index contributed by atoms with van der Waals surface area (Å²) in [4.78, 5) is 47.9. The number of rotatable bonds is 3. The van der Waals surface area contributed by atoms with E-state index in [1.807, 2.05) is 6.92 Å². The van der Waals surface area contributed by atoms with E-state index in [-0.39, 0.29) is 18.3 Å². The molecule has 0 spiro atoms. The van der Waals surface area contributed by atoms with Crippen molar-refractivity contribution in [3.63, 3.8) is 0 Å². The number of nitrogens with zero attached hydrogens (tertiary/aromatic N) is 6. The smallest absolute Gasteiger partial charge is 0.289 e. The fourth-order valence-corrected chi connectivity index (χ4v) is 3.19. The summed E-state index contributed by atoms with van der Waals surface area (Å²) in [6.45, 7) is 3.51. The van der Waals surface area contributed by atoms with Crippen molar-refractivity contribution in [3.05, 3.63) is 53.1 Å². The molecule has 0 saturated heterocycles. The van der Waals surface area contributed by atoms with Crippen molar-refractivity contribution in [2.24, 2.45) is 0 Å². The third-order valence-corrected chi connectivity index (χ3v) is 4.89. The summed E-state index contributed by atoms with van der Waals surface area (Å²) >= 11 is 5.96. The van der Waals surface area contributed by atoms with E-state index in [4.69, 9.17) is 16.3 Å². The third-order valence-electron chi connectivity index (χ3n) is 4.69. The predicted molar refractivity (Wildman–Crippen MR) is 112 cm³/mol. The van der Waals surface area contributed by atoms with Gasteiger partial charge in [-0.15, -0.1) is 0 Å². The Hall–Kier alpha value is -3.66. The van der Waals surface area contributed by atoms with Gasteiger partial charge in [0.05, 0.1) is 10.7 Å². The number of nitrogens with one attached hydrogen (secondary N) is 1. The second kappa shape index (κ2) is 8.23. The molecule has 0 aromatic carbocycles. The van der Waals surface area contributed by atoms with E-state index in [0.29, 0.717) is 33.7 Å². The number of carbonyl (C=O) groups excluding carboxylic acids is 2. The van der Waals surface area contributed by atoms with Gasteiger partial charge in [0.1, 0.15) is 18.5 Å². The molecule has 0 aliphatic carbocycles. The zero-order chi connectivity index (χ0) is 22.1. The molecule has 1 atom stereocenters. The largest absolute Gasteiger partial charge is 0.487 e. The van der Waals surface area contributed by atoms with E-state index < -0.39 is 11.9 Å². The number of likely N-dealkylation sites (N-methyl/N-ethyl adjacent to an activating group) is 1. The molecule has 1 aliphatic heterocycles. The minimum Gasteiger partial charge on any atom is -0.487 e. The highest BCUT2D eigenvalue weighted by Crippen LogP contribution is 2.30. The molecular formula is C20H18ClN7O3. The van der Waals surface area contributed by atoms with Gasteiger partial charge in [-0.1, -0.05) is 11.6 Å². The predicted octanol–water partition coefficient (Wildman–Crippen LogP) is 1.75. The van der Waals surface area contributed by atoms with Crippen molar-refractivity contribution < 1.29 is 14.3 Å². The lowest BCUT2D eigenvalue weighted by molar-refractivity contribution is -0.120. The van der Waals surface area contributed by atoms with Gasteiger partial charge in [0, 0.05) is 43.5 Å². The number of fused-ring (bicyclic) bond motifs is 1. The number of ether oxygens (including phenoxy) is 1. The highest BCUT2D eigenvalue weighted by molar-refractivity contribution is 6.30. The summed E-state index contributed by atoms with van der Waals surface area (Å²) in [5.74, 6) is 0.219. The van der Waals surface area contributed by atoms with Crippen LogP contribution in [0.3, 0.4) is 0 Å². The van der Waals surface area contributed by atoms with Crippen LogP contribution in [-0.4, -0.2) is 56.4 Å². The lowest BCUT2D eigenvalue weighted by atomic mass is 10.1. The van der Waals surface area contributed by atoms with E-state index in [0.717, 1.165) is 5.56 Å². The minimum absolute atomic E-state index is 0.0837. The SMILES string of the molecule is Cc1ncc(-c2nc(C(=O)N[C@H]3COc4cc(Cl)cnc4N(C)C3=O)ncc2C)cn1. The van der Waals surface area contributed by atoms with Crippen LogP contribution in [0.25, 0.3) is 11.3 Å². The van der Waals surface area contributed by atoms with Gasteiger partial charge >= 0.3 is 0 Å². The lowest BCUT2D eigenvalue weighted by Gasteiger charge is -2.19. The molecule has 1 aliphatic rings. The van der Waals surface area contributed by atoms with E-state index in [1.54, 1.807) is 32.4 Å². The zero-order valence-corrected chi connectivity index (χ0v) is 17.7. The van der Waals surface area contributed by atoms with Crippen molar-refractivity contribution in [2.45, 2.75) is 19.9 Å². The Morgan fingerprint density at radius 3 is 2.65 bits per heavy atom. The van der Waals surface area contributed by atoms with Gasteiger partial charge < -0.3 is 10.1 Å². The Morgan fingerprint density at radius 1 is 1.16 bits per heavy atom. The van der Waals surface area contributed by atoms with Gasteiger partial charge in [-0.25, -0.2) is 24.9 Å². The molecule has 11 heteroatoms. The fourth-order valence-electron chi connectivity index (χ4n) is 3.04. The van der Waals surface area contributed by atoms with Gasteiger partial charge in [0.15, 0.2) is 11.6 Å². The van der Waals surface area contributed by atoms with Gasteiger partial charge in [0.25, 0.3) is 11.8 Å². The number of aromatic nitrogens is 5. The third kappa shape index (κ3) is 4.15. The maximum Gasteiger partial charge on any atom is 0.289 e. The topological polar surface area (TPSA) is 123 Å². The highest BCUT2D eigenvalue weighted by Gasteiger charge is 2.32. The number of pyridine rings is 1. The van der Waals surface area contributed by atoms with Crippen LogP contribution in [0.2, 0.25) is 5.02 Å². The van der Waals surface area contributed by atoms with Crippen molar-refractivity contribution in [1.82, 2.24) is 30.2 Å². The first-order chi connectivity index (χ1) is 14.8. The van der Waals surface area contributed by atoms with Crippen LogP contribution in [0.5, 0.6) is 5.75 Å². The lowest BCUT2D eigenvalue weighted by Crippen LogP contribution is -2.49. The van der Waals surface area contributed by atoms with Gasteiger partial charge in [-0.05, 0) is 19.4 Å². The van der Waals surface area contributed by atoms with E-state index >= 15 is 0 Å². The summed E-state index contributed by atoms with van der Waals surface area (Å²) in [5.41, 5.74) is 1.95. The van der Waals surface area contributed by atoms with Crippen LogP contribution in [0.15, 0.2) is 30.9 Å². The summed E-state index contributed by atoms with van der Waals surface area (Å²) in [5, 5.41) is 3.02. The first kappa shape index (κ1) is 20.6. The minimum atomic E-state index is -0.957. The monoisotopic (exact) mass is 439 g/mol. The molecule has 3 aromatic rings. The molecule has 158 valence electrons. The molecule has 0 saturated carbocycles. The standard InChI is InChI=1S/C20H18ClN7O3/c1-10-5-24-17(27-16(10)12-6-22-11(2)23-7-12)19(29)26-14-9-31-15-4-13(21)8-25-18(15)28(3)20(14)30/h4-8,14H,9H2,1-3H3,(H,26,29)/t14-/m0/s1. The molecular weight excluding hydrogens is 422 g/mol. The normalized spacial score (nSPS) is 15.7. The van der Waals surface area contributed by atoms with Crippen LogP contribution in [0, 0.1) is 13.8 Å². The second-order valence-electron chi connectivity index (χ2n) is 6.95. The number of aryl methyl sites for hydroxylation is 2. The molecule has 31 heavy (non-hydrogen) atoms. The maximum absolute atomic E-state index is 12.8. The molecule has 0 radical (unpaired) electrons. The average molecular weight is 440 g/mol. The molecule has 4 rings (SSSR count).